The molecule has 0 aliphatic carbocycles. The van der Waals surface area contributed by atoms with E-state index in [2.05, 4.69) is 50.4 Å². The average molecular weight is 303 g/mol. The molecule has 1 unspecified atom stereocenters. The Morgan fingerprint density at radius 3 is 2.67 bits per heavy atom. The summed E-state index contributed by atoms with van der Waals surface area (Å²) in [7, 11) is 1.72. The minimum absolute atomic E-state index is 0.384. The van der Waals surface area contributed by atoms with Crippen LogP contribution in [0.2, 0.25) is 0 Å². The summed E-state index contributed by atoms with van der Waals surface area (Å²) in [5, 5.41) is 3.68. The highest BCUT2D eigenvalue weighted by Crippen LogP contribution is 2.29. The van der Waals surface area contributed by atoms with Gasteiger partial charge in [-0.2, -0.15) is 0 Å². The first kappa shape index (κ1) is 16.1. The SMILES string of the molecule is CCCNC(Cc1cccc(OC)c1)c1cc(C)c(C)s1. The molecular formula is C18H25NOS. The molecule has 0 saturated heterocycles. The van der Waals surface area contributed by atoms with Gasteiger partial charge in [0.1, 0.15) is 5.75 Å². The number of methoxy groups -OCH3 is 1. The summed E-state index contributed by atoms with van der Waals surface area (Å²) in [6, 6.07) is 11.1. The second-order valence-electron chi connectivity index (χ2n) is 5.45. The Bertz CT molecular complexity index is 557. The maximum atomic E-state index is 5.33. The molecule has 1 heterocycles. The number of aryl methyl sites for hydroxylation is 2. The first-order valence-corrected chi connectivity index (χ1v) is 8.39. The van der Waals surface area contributed by atoms with E-state index in [9.17, 15) is 0 Å². The zero-order valence-electron chi connectivity index (χ0n) is 13.4. The Morgan fingerprint density at radius 2 is 2.05 bits per heavy atom. The Kier molecular flexibility index (Phi) is 5.83. The summed E-state index contributed by atoms with van der Waals surface area (Å²) < 4.78 is 5.33. The average Bonchev–Trinajstić information content (AvgIpc) is 2.83. The van der Waals surface area contributed by atoms with Gasteiger partial charge in [0.05, 0.1) is 7.11 Å². The van der Waals surface area contributed by atoms with Crippen LogP contribution in [0.1, 0.15) is 40.3 Å². The van der Waals surface area contributed by atoms with Crippen LogP contribution in [0, 0.1) is 13.8 Å². The molecule has 0 aliphatic rings. The topological polar surface area (TPSA) is 21.3 Å². The van der Waals surface area contributed by atoms with Crippen LogP contribution in [0.4, 0.5) is 0 Å². The molecule has 2 rings (SSSR count). The van der Waals surface area contributed by atoms with Crippen molar-refractivity contribution in [3.8, 4) is 5.75 Å². The molecule has 114 valence electrons. The minimum atomic E-state index is 0.384. The van der Waals surface area contributed by atoms with Crippen molar-refractivity contribution in [1.29, 1.82) is 0 Å². The zero-order valence-corrected chi connectivity index (χ0v) is 14.2. The molecule has 2 aromatic rings. The lowest BCUT2D eigenvalue weighted by atomic mass is 10.0. The molecule has 0 amide bonds. The number of thiophene rings is 1. The summed E-state index contributed by atoms with van der Waals surface area (Å²) in [6.07, 6.45) is 2.15. The molecule has 1 aromatic heterocycles. The van der Waals surface area contributed by atoms with Gasteiger partial charge >= 0.3 is 0 Å². The molecule has 2 nitrogen and oxygen atoms in total. The van der Waals surface area contributed by atoms with E-state index in [1.54, 1.807) is 7.11 Å². The van der Waals surface area contributed by atoms with Crippen LogP contribution in [0.15, 0.2) is 30.3 Å². The van der Waals surface area contributed by atoms with E-state index in [1.165, 1.54) is 20.9 Å². The lowest BCUT2D eigenvalue weighted by molar-refractivity contribution is 0.414. The molecule has 1 N–H and O–H groups in total. The lowest BCUT2D eigenvalue weighted by Gasteiger charge is -2.17. The van der Waals surface area contributed by atoms with Gasteiger partial charge in [0.15, 0.2) is 0 Å². The first-order valence-electron chi connectivity index (χ1n) is 7.57. The maximum absolute atomic E-state index is 5.33. The third-order valence-electron chi connectivity index (χ3n) is 3.74. The van der Waals surface area contributed by atoms with Crippen molar-refractivity contribution in [3.63, 3.8) is 0 Å². The highest BCUT2D eigenvalue weighted by atomic mass is 32.1. The third-order valence-corrected chi connectivity index (χ3v) is 5.01. The Morgan fingerprint density at radius 1 is 1.24 bits per heavy atom. The van der Waals surface area contributed by atoms with Crippen molar-refractivity contribution in [1.82, 2.24) is 5.32 Å². The fraction of sp³-hybridized carbons (Fsp3) is 0.444. The smallest absolute Gasteiger partial charge is 0.119 e. The summed E-state index contributed by atoms with van der Waals surface area (Å²) in [4.78, 5) is 2.85. The predicted octanol–water partition coefficient (Wildman–Crippen LogP) is 4.66. The number of hydrogen-bond acceptors (Lipinski definition) is 3. The van der Waals surface area contributed by atoms with E-state index in [0.29, 0.717) is 6.04 Å². The second kappa shape index (κ2) is 7.62. The molecular weight excluding hydrogens is 278 g/mol. The molecule has 21 heavy (non-hydrogen) atoms. The van der Waals surface area contributed by atoms with E-state index in [0.717, 1.165) is 25.1 Å². The molecule has 0 bridgehead atoms. The summed E-state index contributed by atoms with van der Waals surface area (Å²) in [6.45, 7) is 7.65. The van der Waals surface area contributed by atoms with E-state index in [4.69, 9.17) is 4.74 Å². The van der Waals surface area contributed by atoms with Crippen LogP contribution in [-0.2, 0) is 6.42 Å². The van der Waals surface area contributed by atoms with E-state index in [-0.39, 0.29) is 0 Å². The second-order valence-corrected chi connectivity index (χ2v) is 6.74. The number of ether oxygens (including phenoxy) is 1. The molecule has 0 fully saturated rings. The van der Waals surface area contributed by atoms with Crippen molar-refractivity contribution in [3.05, 3.63) is 51.2 Å². The van der Waals surface area contributed by atoms with Crippen LogP contribution in [0.3, 0.4) is 0 Å². The van der Waals surface area contributed by atoms with Gasteiger partial charge in [0, 0.05) is 15.8 Å². The standard InChI is InChI=1S/C18H25NOS/c1-5-9-19-17(18-10-13(2)14(3)21-18)12-15-7-6-8-16(11-15)20-4/h6-8,10-11,17,19H,5,9,12H2,1-4H3. The van der Waals surface area contributed by atoms with Gasteiger partial charge in [-0.25, -0.2) is 0 Å². The van der Waals surface area contributed by atoms with Crippen LogP contribution in [0.25, 0.3) is 0 Å². The monoisotopic (exact) mass is 303 g/mol. The normalized spacial score (nSPS) is 12.4. The number of nitrogens with one attached hydrogen (secondary N) is 1. The maximum Gasteiger partial charge on any atom is 0.119 e. The van der Waals surface area contributed by atoms with Crippen molar-refractivity contribution in [2.24, 2.45) is 0 Å². The van der Waals surface area contributed by atoms with Crippen LogP contribution in [0.5, 0.6) is 5.75 Å². The largest absolute Gasteiger partial charge is 0.497 e. The van der Waals surface area contributed by atoms with E-state index >= 15 is 0 Å². The predicted molar refractivity (Wildman–Crippen MR) is 91.5 cm³/mol. The fourth-order valence-electron chi connectivity index (χ4n) is 2.40. The van der Waals surface area contributed by atoms with Gasteiger partial charge in [0.25, 0.3) is 0 Å². The quantitative estimate of drug-likeness (QED) is 0.803. The fourth-order valence-corrected chi connectivity index (χ4v) is 3.52. The van der Waals surface area contributed by atoms with Crippen LogP contribution >= 0.6 is 11.3 Å². The first-order chi connectivity index (χ1) is 10.1. The third kappa shape index (κ3) is 4.32. The summed E-state index contributed by atoms with van der Waals surface area (Å²) in [5.74, 6) is 0.931. The van der Waals surface area contributed by atoms with Gasteiger partial charge in [-0.3, -0.25) is 0 Å². The van der Waals surface area contributed by atoms with E-state index < -0.39 is 0 Å². The lowest BCUT2D eigenvalue weighted by Crippen LogP contribution is -2.23. The number of benzene rings is 1. The van der Waals surface area contributed by atoms with Crippen molar-refractivity contribution < 1.29 is 4.74 Å². The summed E-state index contributed by atoms with van der Waals surface area (Å²) >= 11 is 1.91. The van der Waals surface area contributed by atoms with Crippen LogP contribution in [-0.4, -0.2) is 13.7 Å². The zero-order chi connectivity index (χ0) is 15.2. The molecule has 0 radical (unpaired) electrons. The van der Waals surface area contributed by atoms with Crippen molar-refractivity contribution >= 4 is 11.3 Å². The molecule has 1 atom stereocenters. The number of hydrogen-bond donors (Lipinski definition) is 1. The van der Waals surface area contributed by atoms with Gasteiger partial charge in [-0.1, -0.05) is 19.1 Å². The Hall–Kier alpha value is -1.32. The van der Waals surface area contributed by atoms with Gasteiger partial charge in [0.2, 0.25) is 0 Å². The highest BCUT2D eigenvalue weighted by molar-refractivity contribution is 7.12. The number of rotatable bonds is 7. The molecule has 0 saturated carbocycles. The molecule has 1 aromatic carbocycles. The molecule has 0 aliphatic heterocycles. The highest BCUT2D eigenvalue weighted by Gasteiger charge is 2.15. The van der Waals surface area contributed by atoms with Gasteiger partial charge in [-0.15, -0.1) is 11.3 Å². The van der Waals surface area contributed by atoms with Gasteiger partial charge in [-0.05, 0) is 62.6 Å². The van der Waals surface area contributed by atoms with Gasteiger partial charge < -0.3 is 10.1 Å². The van der Waals surface area contributed by atoms with Crippen molar-refractivity contribution in [2.45, 2.75) is 39.7 Å². The minimum Gasteiger partial charge on any atom is -0.497 e. The Labute approximate surface area is 132 Å². The summed E-state index contributed by atoms with van der Waals surface area (Å²) in [5.41, 5.74) is 2.70. The van der Waals surface area contributed by atoms with Crippen LogP contribution < -0.4 is 10.1 Å². The Balaban J connectivity index is 2.19. The molecule has 3 heteroatoms. The van der Waals surface area contributed by atoms with E-state index in [1.807, 2.05) is 17.4 Å². The van der Waals surface area contributed by atoms with Crippen molar-refractivity contribution in [2.75, 3.05) is 13.7 Å². The molecule has 0 spiro atoms.